The van der Waals surface area contributed by atoms with E-state index in [1.807, 2.05) is 0 Å². The van der Waals surface area contributed by atoms with E-state index >= 15 is 0 Å². The summed E-state index contributed by atoms with van der Waals surface area (Å²) in [6, 6.07) is -1.31. The predicted molar refractivity (Wildman–Crippen MR) is 74.5 cm³/mol. The van der Waals surface area contributed by atoms with E-state index in [2.05, 4.69) is 5.43 Å². The second-order valence-electron chi connectivity index (χ2n) is 6.48. The molecule has 1 atom stereocenters. The molecular formula is C13H24N2O6. The number of hydrazine groups is 1. The smallest absolute Gasteiger partial charge is 0.430 e. The second-order valence-corrected chi connectivity index (χ2v) is 6.48. The van der Waals surface area contributed by atoms with Crippen molar-refractivity contribution in [1.82, 2.24) is 10.4 Å². The summed E-state index contributed by atoms with van der Waals surface area (Å²) in [5.74, 6) is -1.29. The highest BCUT2D eigenvalue weighted by Crippen LogP contribution is 2.12. The van der Waals surface area contributed by atoms with Gasteiger partial charge in [0.15, 0.2) is 6.04 Å². The Morgan fingerprint density at radius 1 is 1.00 bits per heavy atom. The number of ether oxygens (including phenoxy) is 2. The normalized spacial score (nSPS) is 13.1. The van der Waals surface area contributed by atoms with Gasteiger partial charge in [0.1, 0.15) is 11.2 Å². The molecule has 0 aromatic rings. The molecule has 0 fully saturated rings. The van der Waals surface area contributed by atoms with Gasteiger partial charge >= 0.3 is 18.2 Å². The fourth-order valence-electron chi connectivity index (χ4n) is 1.12. The molecule has 1 unspecified atom stereocenters. The van der Waals surface area contributed by atoms with Crippen LogP contribution in [-0.2, 0) is 14.3 Å². The zero-order chi connectivity index (χ0) is 17.0. The summed E-state index contributed by atoms with van der Waals surface area (Å²) in [7, 11) is 0. The van der Waals surface area contributed by atoms with Crippen LogP contribution in [0.15, 0.2) is 0 Å². The number of aliphatic carboxylic acids is 1. The molecule has 122 valence electrons. The molecule has 0 aromatic carbocycles. The zero-order valence-electron chi connectivity index (χ0n) is 13.5. The molecule has 21 heavy (non-hydrogen) atoms. The summed E-state index contributed by atoms with van der Waals surface area (Å²) in [5, 5.41) is 9.59. The molecule has 0 aromatic heterocycles. The van der Waals surface area contributed by atoms with Crippen LogP contribution in [0.25, 0.3) is 0 Å². The molecule has 0 radical (unpaired) electrons. The molecular weight excluding hydrogens is 280 g/mol. The molecule has 2 amide bonds. The minimum Gasteiger partial charge on any atom is -0.480 e. The summed E-state index contributed by atoms with van der Waals surface area (Å²) in [5.41, 5.74) is 0.482. The lowest BCUT2D eigenvalue weighted by Crippen LogP contribution is -2.55. The number of carboxylic acids is 1. The van der Waals surface area contributed by atoms with E-state index < -0.39 is 35.4 Å². The number of hydrogen-bond acceptors (Lipinski definition) is 5. The maximum absolute atomic E-state index is 12.0. The lowest BCUT2D eigenvalue weighted by Gasteiger charge is -2.30. The number of amides is 2. The summed E-state index contributed by atoms with van der Waals surface area (Å²) in [4.78, 5) is 34.7. The molecule has 0 spiro atoms. The first kappa shape index (κ1) is 19.0. The Morgan fingerprint density at radius 3 is 1.76 bits per heavy atom. The van der Waals surface area contributed by atoms with Gasteiger partial charge in [0.05, 0.1) is 0 Å². The van der Waals surface area contributed by atoms with Gasteiger partial charge in [-0.2, -0.15) is 0 Å². The molecule has 2 N–H and O–H groups in total. The third-order valence-electron chi connectivity index (χ3n) is 1.95. The van der Waals surface area contributed by atoms with Gasteiger partial charge in [0, 0.05) is 0 Å². The van der Waals surface area contributed by atoms with Crippen molar-refractivity contribution in [2.24, 2.45) is 0 Å². The highest BCUT2D eigenvalue weighted by molar-refractivity contribution is 5.81. The van der Waals surface area contributed by atoms with Crippen LogP contribution in [0.4, 0.5) is 9.59 Å². The van der Waals surface area contributed by atoms with Gasteiger partial charge in [0.25, 0.3) is 0 Å². The number of carbonyl (C=O) groups is 3. The highest BCUT2D eigenvalue weighted by Gasteiger charge is 2.32. The van der Waals surface area contributed by atoms with Gasteiger partial charge in [-0.1, -0.05) is 0 Å². The molecule has 0 saturated carbocycles. The van der Waals surface area contributed by atoms with Gasteiger partial charge in [-0.15, -0.1) is 0 Å². The van der Waals surface area contributed by atoms with Gasteiger partial charge < -0.3 is 14.6 Å². The van der Waals surface area contributed by atoms with E-state index in [1.54, 1.807) is 41.5 Å². The van der Waals surface area contributed by atoms with Crippen LogP contribution in [-0.4, -0.2) is 45.5 Å². The number of carbonyl (C=O) groups excluding carboxylic acids is 2. The number of nitrogens with zero attached hydrogens (tertiary/aromatic N) is 1. The van der Waals surface area contributed by atoms with E-state index in [0.29, 0.717) is 5.01 Å². The monoisotopic (exact) mass is 304 g/mol. The lowest BCUT2D eigenvalue weighted by atomic mass is 10.2. The molecule has 8 nitrogen and oxygen atoms in total. The first-order valence-electron chi connectivity index (χ1n) is 6.47. The Hall–Kier alpha value is -1.99. The number of hydrogen-bond donors (Lipinski definition) is 2. The minimum atomic E-state index is -1.31. The van der Waals surface area contributed by atoms with Crippen molar-refractivity contribution in [3.63, 3.8) is 0 Å². The SMILES string of the molecule is CC(C(=O)O)N(NC(=O)OC(C)(C)C)C(=O)OC(C)(C)C. The fourth-order valence-corrected chi connectivity index (χ4v) is 1.12. The Labute approximate surface area is 124 Å². The number of rotatable bonds is 2. The number of carboxylic acid groups (broad SMARTS) is 1. The third kappa shape index (κ3) is 8.01. The standard InChI is InChI=1S/C13H24N2O6/c1-8(9(16)17)15(11(19)21-13(5,6)7)14-10(18)20-12(2,3)4/h8H,1-7H3,(H,14,18)(H,16,17). The van der Waals surface area contributed by atoms with Crippen molar-refractivity contribution >= 4 is 18.2 Å². The molecule has 0 aliphatic rings. The van der Waals surface area contributed by atoms with E-state index in [9.17, 15) is 14.4 Å². The largest absolute Gasteiger partial charge is 0.480 e. The average molecular weight is 304 g/mol. The van der Waals surface area contributed by atoms with Crippen LogP contribution in [0.1, 0.15) is 48.5 Å². The van der Waals surface area contributed by atoms with Crippen molar-refractivity contribution < 1.29 is 29.0 Å². The minimum absolute atomic E-state index is 0.585. The van der Waals surface area contributed by atoms with Crippen LogP contribution < -0.4 is 5.43 Å². The van der Waals surface area contributed by atoms with Crippen molar-refractivity contribution in [2.45, 2.75) is 65.7 Å². The van der Waals surface area contributed by atoms with E-state index in [4.69, 9.17) is 14.6 Å². The molecule has 0 bridgehead atoms. The summed E-state index contributed by atoms with van der Waals surface area (Å²) in [6.07, 6.45) is -1.93. The van der Waals surface area contributed by atoms with Crippen molar-refractivity contribution in [3.8, 4) is 0 Å². The van der Waals surface area contributed by atoms with Crippen molar-refractivity contribution in [1.29, 1.82) is 0 Å². The second kappa shape index (κ2) is 6.64. The van der Waals surface area contributed by atoms with Gasteiger partial charge in [-0.3, -0.25) is 0 Å². The van der Waals surface area contributed by atoms with Crippen molar-refractivity contribution in [2.75, 3.05) is 0 Å². The summed E-state index contributed by atoms with van der Waals surface area (Å²) < 4.78 is 10.0. The Balaban J connectivity index is 5.04. The zero-order valence-corrected chi connectivity index (χ0v) is 13.5. The average Bonchev–Trinajstić information content (AvgIpc) is 2.19. The highest BCUT2D eigenvalue weighted by atomic mass is 16.6. The predicted octanol–water partition coefficient (Wildman–Crippen LogP) is 2.14. The van der Waals surface area contributed by atoms with Crippen LogP contribution in [0.2, 0.25) is 0 Å². The van der Waals surface area contributed by atoms with Gasteiger partial charge in [-0.05, 0) is 48.5 Å². The summed E-state index contributed by atoms with van der Waals surface area (Å²) in [6.45, 7) is 11.1. The van der Waals surface area contributed by atoms with E-state index in [1.165, 1.54) is 6.92 Å². The Bertz CT molecular complexity index is 408. The topological polar surface area (TPSA) is 105 Å². The van der Waals surface area contributed by atoms with Crippen LogP contribution in [0.5, 0.6) is 0 Å². The summed E-state index contributed by atoms with van der Waals surface area (Å²) >= 11 is 0. The van der Waals surface area contributed by atoms with E-state index in [0.717, 1.165) is 0 Å². The lowest BCUT2D eigenvalue weighted by molar-refractivity contribution is -0.143. The van der Waals surface area contributed by atoms with Crippen LogP contribution in [0, 0.1) is 0 Å². The van der Waals surface area contributed by atoms with Crippen LogP contribution in [0.3, 0.4) is 0 Å². The Morgan fingerprint density at radius 2 is 1.43 bits per heavy atom. The quantitative estimate of drug-likeness (QED) is 0.757. The molecule has 8 heteroatoms. The molecule has 0 rings (SSSR count). The maximum atomic E-state index is 12.0. The van der Waals surface area contributed by atoms with E-state index in [-0.39, 0.29) is 0 Å². The maximum Gasteiger partial charge on any atom is 0.430 e. The van der Waals surface area contributed by atoms with Crippen molar-refractivity contribution in [3.05, 3.63) is 0 Å². The molecule has 0 aliphatic heterocycles. The number of nitrogens with one attached hydrogen (secondary N) is 1. The van der Waals surface area contributed by atoms with Gasteiger partial charge in [-0.25, -0.2) is 24.8 Å². The first-order chi connectivity index (χ1) is 9.23. The fraction of sp³-hybridized carbons (Fsp3) is 0.769. The molecule has 0 heterocycles. The molecule has 0 saturated heterocycles. The van der Waals surface area contributed by atoms with Crippen LogP contribution >= 0.6 is 0 Å². The molecule has 0 aliphatic carbocycles. The first-order valence-corrected chi connectivity index (χ1v) is 6.47. The third-order valence-corrected chi connectivity index (χ3v) is 1.95. The van der Waals surface area contributed by atoms with Gasteiger partial charge in [0.2, 0.25) is 0 Å². The Kier molecular flexibility index (Phi) is 6.01.